The van der Waals surface area contributed by atoms with E-state index < -0.39 is 124 Å². The zero-order valence-corrected chi connectivity index (χ0v) is 59.3. The smallest absolute Gasteiger partial charge is 0.220 e. The lowest BCUT2D eigenvalue weighted by Crippen LogP contribution is -2.66. The predicted molar refractivity (Wildman–Crippen MR) is 378 cm³/mol. The molecule has 0 aromatic heterocycles. The molecule has 3 aliphatic rings. The molecular formula is C77H137NO18. The van der Waals surface area contributed by atoms with Gasteiger partial charge >= 0.3 is 0 Å². The van der Waals surface area contributed by atoms with Crippen molar-refractivity contribution in [3.63, 3.8) is 0 Å². The van der Waals surface area contributed by atoms with Crippen molar-refractivity contribution in [1.82, 2.24) is 5.32 Å². The van der Waals surface area contributed by atoms with Crippen LogP contribution >= 0.6 is 0 Å². The summed E-state index contributed by atoms with van der Waals surface area (Å²) in [5.74, 6) is -0.284. The maximum Gasteiger partial charge on any atom is 0.220 e. The van der Waals surface area contributed by atoms with E-state index in [1.54, 1.807) is 6.08 Å². The summed E-state index contributed by atoms with van der Waals surface area (Å²) in [5.41, 5.74) is 0. The maximum atomic E-state index is 13.4. The Labute approximate surface area is 578 Å². The Bertz CT molecular complexity index is 2020. The van der Waals surface area contributed by atoms with Crippen molar-refractivity contribution < 1.29 is 89.4 Å². The van der Waals surface area contributed by atoms with Gasteiger partial charge < -0.3 is 89.9 Å². The number of carbonyl (C=O) groups excluding carboxylic acids is 1. The van der Waals surface area contributed by atoms with Gasteiger partial charge in [0.2, 0.25) is 5.91 Å². The van der Waals surface area contributed by atoms with Gasteiger partial charge in [0.1, 0.15) is 73.2 Å². The van der Waals surface area contributed by atoms with Gasteiger partial charge in [-0.2, -0.15) is 0 Å². The van der Waals surface area contributed by atoms with Crippen LogP contribution in [0.2, 0.25) is 0 Å². The first-order valence-corrected chi connectivity index (χ1v) is 38.2. The summed E-state index contributed by atoms with van der Waals surface area (Å²) in [7, 11) is 0. The average molecular weight is 1360 g/mol. The molecule has 19 heteroatoms. The van der Waals surface area contributed by atoms with Crippen LogP contribution in [0.1, 0.15) is 277 Å². The minimum Gasteiger partial charge on any atom is -0.394 e. The van der Waals surface area contributed by atoms with Crippen molar-refractivity contribution in [1.29, 1.82) is 0 Å². The lowest BCUT2D eigenvalue weighted by Gasteiger charge is -2.48. The number of hydrogen-bond donors (Lipinski definition) is 12. The highest BCUT2D eigenvalue weighted by Crippen LogP contribution is 2.33. The van der Waals surface area contributed by atoms with E-state index in [-0.39, 0.29) is 18.9 Å². The molecule has 0 aromatic rings. The molecular weight excluding hydrogens is 1230 g/mol. The fraction of sp³-hybridized carbons (Fsp3) is 0.831. The molecule has 96 heavy (non-hydrogen) atoms. The molecule has 3 saturated heterocycles. The van der Waals surface area contributed by atoms with Crippen LogP contribution in [0.3, 0.4) is 0 Å². The molecule has 0 saturated carbocycles. The molecule has 0 bridgehead atoms. The zero-order valence-electron chi connectivity index (χ0n) is 59.3. The second-order valence-electron chi connectivity index (χ2n) is 27.1. The predicted octanol–water partition coefficient (Wildman–Crippen LogP) is 11.7. The summed E-state index contributed by atoms with van der Waals surface area (Å²) in [4.78, 5) is 13.4. The third-order valence-corrected chi connectivity index (χ3v) is 18.7. The summed E-state index contributed by atoms with van der Waals surface area (Å²) in [5, 5.41) is 120. The Morgan fingerprint density at radius 2 is 0.729 bits per heavy atom. The number of allylic oxidation sites excluding steroid dienone is 11. The van der Waals surface area contributed by atoms with E-state index in [0.717, 1.165) is 64.2 Å². The summed E-state index contributed by atoms with van der Waals surface area (Å²) < 4.78 is 34.3. The van der Waals surface area contributed by atoms with Crippen LogP contribution < -0.4 is 5.32 Å². The van der Waals surface area contributed by atoms with Crippen molar-refractivity contribution in [3.05, 3.63) is 72.9 Å². The van der Waals surface area contributed by atoms with Crippen LogP contribution in [-0.4, -0.2) is 193 Å². The van der Waals surface area contributed by atoms with E-state index in [9.17, 15) is 61.0 Å². The van der Waals surface area contributed by atoms with Gasteiger partial charge in [-0.3, -0.25) is 4.79 Å². The van der Waals surface area contributed by atoms with Gasteiger partial charge in [-0.25, -0.2) is 0 Å². The Morgan fingerprint density at radius 3 is 1.17 bits per heavy atom. The van der Waals surface area contributed by atoms with Gasteiger partial charge in [0, 0.05) is 6.42 Å². The van der Waals surface area contributed by atoms with Crippen molar-refractivity contribution in [3.8, 4) is 0 Å². The third-order valence-electron chi connectivity index (χ3n) is 18.7. The minimum atomic E-state index is -1.98. The first-order chi connectivity index (χ1) is 46.8. The van der Waals surface area contributed by atoms with Crippen LogP contribution in [-0.2, 0) is 33.2 Å². The normalized spacial score (nSPS) is 27.4. The summed E-state index contributed by atoms with van der Waals surface area (Å²) in [6.07, 6.45) is 47.9. The molecule has 3 rings (SSSR count). The van der Waals surface area contributed by atoms with Crippen molar-refractivity contribution in [2.45, 2.75) is 381 Å². The van der Waals surface area contributed by atoms with E-state index in [0.29, 0.717) is 12.8 Å². The second-order valence-corrected chi connectivity index (χ2v) is 27.1. The molecule has 12 N–H and O–H groups in total. The first kappa shape index (κ1) is 87.4. The molecule has 1 amide bonds. The van der Waals surface area contributed by atoms with Crippen LogP contribution in [0.4, 0.5) is 0 Å². The van der Waals surface area contributed by atoms with Gasteiger partial charge in [0.05, 0.1) is 38.6 Å². The van der Waals surface area contributed by atoms with Crippen molar-refractivity contribution >= 4 is 5.91 Å². The summed E-state index contributed by atoms with van der Waals surface area (Å²) >= 11 is 0. The van der Waals surface area contributed by atoms with Crippen molar-refractivity contribution in [2.75, 3.05) is 26.4 Å². The van der Waals surface area contributed by atoms with Gasteiger partial charge in [-0.1, -0.05) is 273 Å². The molecule has 19 nitrogen and oxygen atoms in total. The van der Waals surface area contributed by atoms with E-state index in [2.05, 4.69) is 79.9 Å². The quantitative estimate of drug-likeness (QED) is 0.0199. The Kier molecular flexibility index (Phi) is 52.7. The van der Waals surface area contributed by atoms with Gasteiger partial charge in [0.15, 0.2) is 18.9 Å². The highest BCUT2D eigenvalue weighted by Gasteiger charge is 2.53. The number of aliphatic hydroxyl groups excluding tert-OH is 11. The fourth-order valence-electron chi connectivity index (χ4n) is 12.6. The average Bonchev–Trinajstić information content (AvgIpc) is 0.787. The van der Waals surface area contributed by atoms with E-state index in [4.69, 9.17) is 28.4 Å². The Balaban J connectivity index is 1.28. The standard InChI is InChI=1S/C77H137NO18/c1-3-5-7-9-11-13-15-17-18-19-20-21-22-23-24-25-26-27-28-29-30-31-32-33-34-35-36-37-38-39-40-41-42-43-45-47-49-51-53-55-65(83)78-60(61(82)54-52-50-48-46-44-16-14-12-10-8-6-4-2)59-91-75-71(89)68(86)73(63(57-80)93-75)96-77-72(90)69(87)74(64(58-81)94-77)95-76-70(88)67(85)66(84)62(56-79)92-76/h5,7,11,13,17-18,20-21,44,46,52,54,60-64,66-77,79-82,84-90H,3-4,6,8-10,12,14-16,19,22-43,45,47-51,53,55-59H2,1-2H3,(H,78,83)/b7-5-,13-11-,18-17-,21-20-,46-44+,54-52+. The fourth-order valence-corrected chi connectivity index (χ4v) is 12.6. The first-order valence-electron chi connectivity index (χ1n) is 38.2. The molecule has 3 heterocycles. The minimum absolute atomic E-state index is 0.237. The van der Waals surface area contributed by atoms with Crippen LogP contribution in [0.15, 0.2) is 72.9 Å². The number of hydrogen-bond acceptors (Lipinski definition) is 18. The molecule has 0 radical (unpaired) electrons. The van der Waals surface area contributed by atoms with Gasteiger partial charge in [-0.05, 0) is 70.6 Å². The number of unbranched alkanes of at least 4 members (excludes halogenated alkanes) is 33. The van der Waals surface area contributed by atoms with Crippen LogP contribution in [0, 0.1) is 0 Å². The highest BCUT2D eigenvalue weighted by molar-refractivity contribution is 5.76. The molecule has 3 aliphatic heterocycles. The largest absolute Gasteiger partial charge is 0.394 e. The lowest BCUT2D eigenvalue weighted by molar-refractivity contribution is -0.379. The maximum absolute atomic E-state index is 13.4. The Morgan fingerprint density at radius 1 is 0.385 bits per heavy atom. The molecule has 0 aliphatic carbocycles. The number of aliphatic hydroxyl groups is 11. The topological polar surface area (TPSA) is 307 Å². The van der Waals surface area contributed by atoms with Crippen molar-refractivity contribution in [2.24, 2.45) is 0 Å². The van der Waals surface area contributed by atoms with Crippen LogP contribution in [0.25, 0.3) is 0 Å². The van der Waals surface area contributed by atoms with Crippen LogP contribution in [0.5, 0.6) is 0 Å². The Hall–Kier alpha value is -2.77. The number of rotatable bonds is 59. The summed E-state index contributed by atoms with van der Waals surface area (Å²) in [6.45, 7) is 1.59. The highest BCUT2D eigenvalue weighted by atomic mass is 16.8. The molecule has 558 valence electrons. The number of amides is 1. The van der Waals surface area contributed by atoms with E-state index >= 15 is 0 Å². The molecule has 3 fully saturated rings. The number of carbonyl (C=O) groups is 1. The summed E-state index contributed by atoms with van der Waals surface area (Å²) in [6, 6.07) is -0.989. The molecule has 0 aromatic carbocycles. The number of nitrogens with one attached hydrogen (secondary N) is 1. The lowest BCUT2D eigenvalue weighted by atomic mass is 9.96. The molecule has 0 spiro atoms. The van der Waals surface area contributed by atoms with Gasteiger partial charge in [0.25, 0.3) is 0 Å². The van der Waals surface area contributed by atoms with E-state index in [1.807, 2.05) is 6.08 Å². The van der Waals surface area contributed by atoms with Gasteiger partial charge in [-0.15, -0.1) is 0 Å². The number of ether oxygens (including phenoxy) is 6. The monoisotopic (exact) mass is 1360 g/mol. The van der Waals surface area contributed by atoms with E-state index in [1.165, 1.54) is 180 Å². The molecule has 17 unspecified atom stereocenters. The molecule has 17 atom stereocenters. The third kappa shape index (κ3) is 38.3. The second kappa shape index (κ2) is 57.8. The zero-order chi connectivity index (χ0) is 69.6. The SMILES string of the molecule is CC/C=C\C/C=C\C/C=C\C/C=C\CCCCCCCCCCCCCCCCCCCCCCCCCCCCC(=O)NC(COC1OC(CO)C(OC2OC(CO)C(OC3OC(CO)C(O)C(O)C3O)C(O)C2O)C(O)C1O)C(O)/C=C/CC/C=C/CCCCCCCC.